The molecule has 2 aliphatic rings. The second kappa shape index (κ2) is 8.99. The van der Waals surface area contributed by atoms with Crippen LogP contribution in [-0.2, 0) is 6.18 Å². The molecule has 5 heterocycles. The molecule has 186 valence electrons. The minimum atomic E-state index is -4.69. The van der Waals surface area contributed by atoms with Gasteiger partial charge in [0.25, 0.3) is 11.5 Å². The third-order valence-electron chi connectivity index (χ3n) is 7.06. The third kappa shape index (κ3) is 4.49. The Morgan fingerprint density at radius 2 is 1.94 bits per heavy atom. The highest BCUT2D eigenvalue weighted by Gasteiger charge is 2.38. The van der Waals surface area contributed by atoms with Gasteiger partial charge >= 0.3 is 6.18 Å². The van der Waals surface area contributed by atoms with Gasteiger partial charge in [-0.2, -0.15) is 18.3 Å². The first-order valence-corrected chi connectivity index (χ1v) is 11.6. The number of nitrogens with one attached hydrogen (secondary N) is 3. The minimum Gasteiger partial charge on any atom is -0.370 e. The van der Waals surface area contributed by atoms with Gasteiger partial charge in [-0.25, -0.2) is 4.98 Å². The summed E-state index contributed by atoms with van der Waals surface area (Å²) in [5.74, 6) is -0.170. The maximum Gasteiger partial charge on any atom is 0.435 e. The molecule has 12 heteroatoms. The molecule has 35 heavy (non-hydrogen) atoms. The van der Waals surface area contributed by atoms with E-state index in [4.69, 9.17) is 0 Å². The highest BCUT2D eigenvalue weighted by atomic mass is 19.4. The van der Waals surface area contributed by atoms with Crippen molar-refractivity contribution in [2.45, 2.75) is 37.4 Å². The van der Waals surface area contributed by atoms with E-state index < -0.39 is 22.8 Å². The van der Waals surface area contributed by atoms with Crippen molar-refractivity contribution in [3.8, 4) is 0 Å². The van der Waals surface area contributed by atoms with E-state index in [1.54, 1.807) is 25.4 Å². The molecule has 0 aromatic carbocycles. The Bertz CT molecular complexity index is 1280. The van der Waals surface area contributed by atoms with E-state index in [0.29, 0.717) is 17.4 Å². The molecule has 1 amide bonds. The van der Waals surface area contributed by atoms with Crippen LogP contribution in [0.4, 0.5) is 18.9 Å². The molecule has 1 atom stereocenters. The summed E-state index contributed by atoms with van der Waals surface area (Å²) >= 11 is 0. The molecule has 0 spiro atoms. The van der Waals surface area contributed by atoms with Crippen molar-refractivity contribution in [3.63, 3.8) is 0 Å². The number of amides is 1. The van der Waals surface area contributed by atoms with Gasteiger partial charge in [0.05, 0.1) is 22.8 Å². The van der Waals surface area contributed by atoms with Crippen molar-refractivity contribution >= 4 is 22.5 Å². The first-order chi connectivity index (χ1) is 16.7. The lowest BCUT2D eigenvalue weighted by molar-refractivity contribution is -0.140. The SMILES string of the molecule is CNC(=O)c1ccc(N2CCC(N3CCC(c4cc5[nH]nc(C(F)(F)F)c5c(=O)[nH]4)C3)CC2)cn1. The zero-order valence-electron chi connectivity index (χ0n) is 19.2. The smallest absolute Gasteiger partial charge is 0.370 e. The highest BCUT2D eigenvalue weighted by Crippen LogP contribution is 2.34. The van der Waals surface area contributed by atoms with Crippen LogP contribution in [0, 0.1) is 0 Å². The third-order valence-corrected chi connectivity index (χ3v) is 7.06. The van der Waals surface area contributed by atoms with Crippen molar-refractivity contribution < 1.29 is 18.0 Å². The number of likely N-dealkylation sites (tertiary alicyclic amines) is 1. The predicted molar refractivity (Wildman–Crippen MR) is 124 cm³/mol. The maximum atomic E-state index is 13.1. The number of halogens is 3. The molecule has 2 aliphatic heterocycles. The first-order valence-electron chi connectivity index (χ1n) is 11.6. The Morgan fingerprint density at radius 1 is 1.17 bits per heavy atom. The Morgan fingerprint density at radius 3 is 2.60 bits per heavy atom. The van der Waals surface area contributed by atoms with Gasteiger partial charge in [-0.1, -0.05) is 0 Å². The van der Waals surface area contributed by atoms with Gasteiger partial charge < -0.3 is 15.2 Å². The van der Waals surface area contributed by atoms with E-state index in [9.17, 15) is 22.8 Å². The van der Waals surface area contributed by atoms with E-state index in [2.05, 4.69) is 35.3 Å². The molecule has 2 fully saturated rings. The Balaban J connectivity index is 1.22. The summed E-state index contributed by atoms with van der Waals surface area (Å²) in [6, 6.07) is 5.62. The standard InChI is InChI=1S/C23H26F3N7O2/c1-27-21(34)16-3-2-15(11-28-16)32-8-5-14(6-9-32)33-7-4-13(12-33)17-10-18-19(22(35)29-17)20(31-30-18)23(24,25)26/h2-3,10-11,13-14H,4-9,12H2,1H3,(H,27,34)(H,29,35)(H,30,31). The van der Waals surface area contributed by atoms with Gasteiger partial charge in [0.2, 0.25) is 0 Å². The lowest BCUT2D eigenvalue weighted by Crippen LogP contribution is -2.44. The largest absolute Gasteiger partial charge is 0.435 e. The van der Waals surface area contributed by atoms with Gasteiger partial charge in [0, 0.05) is 44.3 Å². The quantitative estimate of drug-likeness (QED) is 0.520. The topological polar surface area (TPSA) is 110 Å². The summed E-state index contributed by atoms with van der Waals surface area (Å²) in [5, 5.41) is 7.81. The summed E-state index contributed by atoms with van der Waals surface area (Å²) in [4.78, 5) is 35.7. The van der Waals surface area contributed by atoms with Crippen molar-refractivity contribution in [3.05, 3.63) is 51.8 Å². The number of hydrogen-bond acceptors (Lipinski definition) is 6. The molecule has 9 nitrogen and oxygen atoms in total. The zero-order chi connectivity index (χ0) is 24.7. The van der Waals surface area contributed by atoms with Crippen molar-refractivity contribution in [2.75, 3.05) is 38.1 Å². The number of aromatic nitrogens is 4. The second-order valence-electron chi connectivity index (χ2n) is 9.09. The van der Waals surface area contributed by atoms with Gasteiger partial charge in [-0.05, 0) is 44.0 Å². The van der Waals surface area contributed by atoms with E-state index in [0.717, 1.165) is 51.1 Å². The van der Waals surface area contributed by atoms with E-state index in [1.165, 1.54) is 0 Å². The summed E-state index contributed by atoms with van der Waals surface area (Å²) < 4.78 is 39.4. The summed E-state index contributed by atoms with van der Waals surface area (Å²) in [6.07, 6.45) is -0.201. The number of fused-ring (bicyclic) bond motifs is 1. The van der Waals surface area contributed by atoms with Crippen LogP contribution in [0.25, 0.3) is 10.9 Å². The molecular weight excluding hydrogens is 463 g/mol. The van der Waals surface area contributed by atoms with E-state index in [-0.39, 0.29) is 17.3 Å². The number of piperidine rings is 1. The fraction of sp³-hybridized carbons (Fsp3) is 0.478. The van der Waals surface area contributed by atoms with Crippen LogP contribution < -0.4 is 15.8 Å². The first kappa shape index (κ1) is 23.3. The fourth-order valence-corrected chi connectivity index (χ4v) is 5.20. The lowest BCUT2D eigenvalue weighted by atomic mass is 10.0. The molecule has 3 aromatic heterocycles. The van der Waals surface area contributed by atoms with Crippen molar-refractivity contribution in [1.29, 1.82) is 0 Å². The van der Waals surface area contributed by atoms with Crippen LogP contribution in [0.15, 0.2) is 29.2 Å². The van der Waals surface area contributed by atoms with Gasteiger partial charge in [-0.3, -0.25) is 19.6 Å². The Hall–Kier alpha value is -3.41. The second-order valence-corrected chi connectivity index (χ2v) is 9.09. The zero-order valence-corrected chi connectivity index (χ0v) is 19.2. The van der Waals surface area contributed by atoms with Crippen LogP contribution in [0.5, 0.6) is 0 Å². The van der Waals surface area contributed by atoms with Crippen molar-refractivity contribution in [1.82, 2.24) is 30.4 Å². The monoisotopic (exact) mass is 489 g/mol. The maximum absolute atomic E-state index is 13.1. The number of rotatable bonds is 4. The van der Waals surface area contributed by atoms with Crippen LogP contribution >= 0.6 is 0 Å². The average Bonchev–Trinajstić information content (AvgIpc) is 3.52. The number of pyridine rings is 2. The van der Waals surface area contributed by atoms with E-state index in [1.807, 2.05) is 6.07 Å². The van der Waals surface area contributed by atoms with Gasteiger partial charge in [0.15, 0.2) is 5.69 Å². The lowest BCUT2D eigenvalue weighted by Gasteiger charge is -2.37. The van der Waals surface area contributed by atoms with Crippen LogP contribution in [0.3, 0.4) is 0 Å². The summed E-state index contributed by atoms with van der Waals surface area (Å²) in [7, 11) is 1.57. The molecule has 1 unspecified atom stereocenters. The molecule has 0 radical (unpaired) electrons. The fourth-order valence-electron chi connectivity index (χ4n) is 5.20. The molecule has 3 N–H and O–H groups in total. The van der Waals surface area contributed by atoms with Crippen LogP contribution in [0.2, 0.25) is 0 Å². The summed E-state index contributed by atoms with van der Waals surface area (Å²) in [6.45, 7) is 3.34. The number of hydrogen-bond donors (Lipinski definition) is 3. The number of carbonyl (C=O) groups is 1. The predicted octanol–water partition coefficient (Wildman–Crippen LogP) is 2.48. The molecule has 3 aromatic rings. The molecule has 0 aliphatic carbocycles. The minimum absolute atomic E-state index is 0.0456. The number of alkyl halides is 3. The van der Waals surface area contributed by atoms with E-state index >= 15 is 0 Å². The molecule has 0 bridgehead atoms. The number of carbonyl (C=O) groups excluding carboxylic acids is 1. The van der Waals surface area contributed by atoms with Crippen LogP contribution in [0.1, 0.15) is 47.1 Å². The number of nitrogens with zero attached hydrogens (tertiary/aromatic N) is 4. The number of aromatic amines is 2. The average molecular weight is 490 g/mol. The number of anilines is 1. The van der Waals surface area contributed by atoms with Crippen molar-refractivity contribution in [2.24, 2.45) is 0 Å². The molecule has 2 saturated heterocycles. The Labute approximate surface area is 198 Å². The highest BCUT2D eigenvalue weighted by molar-refractivity contribution is 5.92. The normalized spacial score (nSPS) is 20.0. The summed E-state index contributed by atoms with van der Waals surface area (Å²) in [5.41, 5.74) is 0.176. The van der Waals surface area contributed by atoms with Gasteiger partial charge in [0.1, 0.15) is 5.69 Å². The molecular formula is C23H26F3N7O2. The van der Waals surface area contributed by atoms with Gasteiger partial charge in [-0.15, -0.1) is 0 Å². The Kier molecular flexibility index (Phi) is 5.99. The number of H-pyrrole nitrogens is 2. The molecule has 0 saturated carbocycles. The molecule has 5 rings (SSSR count). The van der Waals surface area contributed by atoms with Crippen LogP contribution in [-0.4, -0.2) is 70.2 Å².